The number of thioether (sulfide) groups is 1. The minimum Gasteiger partial charge on any atom is -0.357 e. The van der Waals surface area contributed by atoms with Gasteiger partial charge in [-0.15, -0.1) is 24.0 Å². The van der Waals surface area contributed by atoms with Gasteiger partial charge >= 0.3 is 0 Å². The van der Waals surface area contributed by atoms with E-state index in [4.69, 9.17) is 4.99 Å². The summed E-state index contributed by atoms with van der Waals surface area (Å²) in [6.45, 7) is 11.9. The Morgan fingerprint density at radius 1 is 1.28 bits per heavy atom. The summed E-state index contributed by atoms with van der Waals surface area (Å²) in [6, 6.07) is 8.27. The largest absolute Gasteiger partial charge is 0.357 e. The number of fused-ring (bicyclic) bond motifs is 1. The smallest absolute Gasteiger partial charge is 0.191 e. The molecule has 7 heteroatoms. The summed E-state index contributed by atoms with van der Waals surface area (Å²) in [5, 5.41) is 6.74. The number of nitrogens with zero attached hydrogens (tertiary/aromatic N) is 3. The Morgan fingerprint density at radius 3 is 2.68 bits per heavy atom. The summed E-state index contributed by atoms with van der Waals surface area (Å²) in [5.41, 5.74) is 2.24. The van der Waals surface area contributed by atoms with E-state index in [9.17, 15) is 0 Å². The zero-order valence-corrected chi connectivity index (χ0v) is 18.9. The third kappa shape index (κ3) is 6.36. The molecular formula is C18H30IN5S. The number of aliphatic imine (C=N–C) groups is 1. The van der Waals surface area contributed by atoms with Crippen LogP contribution in [0.5, 0.6) is 0 Å². The minimum absolute atomic E-state index is 0. The molecule has 0 spiro atoms. The van der Waals surface area contributed by atoms with E-state index >= 15 is 0 Å². The van der Waals surface area contributed by atoms with Gasteiger partial charge in [0, 0.05) is 24.4 Å². The SMILES string of the molecule is CCNC(=NCC(C)(C)SC)NCCn1c(C)nc2ccccc21.I. The summed E-state index contributed by atoms with van der Waals surface area (Å²) in [4.78, 5) is 9.32. The van der Waals surface area contributed by atoms with E-state index in [1.54, 1.807) is 0 Å². The lowest BCUT2D eigenvalue weighted by Crippen LogP contribution is -2.40. The highest BCUT2D eigenvalue weighted by Gasteiger charge is 2.15. The molecule has 2 rings (SSSR count). The summed E-state index contributed by atoms with van der Waals surface area (Å²) in [6.07, 6.45) is 2.13. The molecule has 1 aromatic heterocycles. The fraction of sp³-hybridized carbons (Fsp3) is 0.556. The van der Waals surface area contributed by atoms with Crippen molar-refractivity contribution < 1.29 is 0 Å². The van der Waals surface area contributed by atoms with Crippen molar-refractivity contribution in [2.45, 2.75) is 39.0 Å². The van der Waals surface area contributed by atoms with E-state index in [1.165, 1.54) is 5.52 Å². The van der Waals surface area contributed by atoms with Crippen LogP contribution >= 0.6 is 35.7 Å². The van der Waals surface area contributed by atoms with E-state index in [0.717, 1.165) is 43.5 Å². The molecule has 2 N–H and O–H groups in total. The van der Waals surface area contributed by atoms with Gasteiger partial charge in [0.2, 0.25) is 0 Å². The van der Waals surface area contributed by atoms with E-state index in [2.05, 4.69) is 72.3 Å². The molecule has 0 bridgehead atoms. The number of para-hydroxylation sites is 2. The summed E-state index contributed by atoms with van der Waals surface area (Å²) in [7, 11) is 0. The van der Waals surface area contributed by atoms with Crippen molar-refractivity contribution in [3.63, 3.8) is 0 Å². The number of halogens is 1. The number of rotatable bonds is 7. The Morgan fingerprint density at radius 2 is 2.00 bits per heavy atom. The maximum atomic E-state index is 4.71. The Hall–Kier alpha value is -0.960. The highest BCUT2D eigenvalue weighted by molar-refractivity contribution is 14.0. The van der Waals surface area contributed by atoms with Gasteiger partial charge in [-0.2, -0.15) is 11.8 Å². The second-order valence-electron chi connectivity index (χ2n) is 6.39. The van der Waals surface area contributed by atoms with Gasteiger partial charge < -0.3 is 15.2 Å². The monoisotopic (exact) mass is 475 g/mol. The molecule has 1 heterocycles. The van der Waals surface area contributed by atoms with Crippen LogP contribution in [0.25, 0.3) is 11.0 Å². The van der Waals surface area contributed by atoms with E-state index in [1.807, 2.05) is 17.8 Å². The second kappa shape index (κ2) is 10.3. The van der Waals surface area contributed by atoms with Gasteiger partial charge in [-0.3, -0.25) is 4.99 Å². The first-order valence-electron chi connectivity index (χ1n) is 8.46. The van der Waals surface area contributed by atoms with Crippen molar-refractivity contribution in [1.82, 2.24) is 20.2 Å². The summed E-state index contributed by atoms with van der Waals surface area (Å²) < 4.78 is 2.40. The topological polar surface area (TPSA) is 54.2 Å². The van der Waals surface area contributed by atoms with Crippen LogP contribution in [0.3, 0.4) is 0 Å². The Bertz CT molecular complexity index is 696. The molecule has 0 unspecified atom stereocenters. The Balaban J connectivity index is 0.00000312. The van der Waals surface area contributed by atoms with Gasteiger partial charge in [0.15, 0.2) is 5.96 Å². The molecule has 0 fully saturated rings. The fourth-order valence-electron chi connectivity index (χ4n) is 2.44. The zero-order chi connectivity index (χ0) is 17.6. The molecule has 0 aliphatic carbocycles. The third-order valence-electron chi connectivity index (χ3n) is 3.99. The van der Waals surface area contributed by atoms with Crippen molar-refractivity contribution in [2.24, 2.45) is 4.99 Å². The lowest BCUT2D eigenvalue weighted by atomic mass is 10.2. The predicted molar refractivity (Wildman–Crippen MR) is 121 cm³/mol. The molecule has 0 amide bonds. The van der Waals surface area contributed by atoms with E-state index in [-0.39, 0.29) is 28.7 Å². The van der Waals surface area contributed by atoms with Crippen molar-refractivity contribution in [3.8, 4) is 0 Å². The van der Waals surface area contributed by atoms with E-state index in [0.29, 0.717) is 0 Å². The van der Waals surface area contributed by atoms with Gasteiger partial charge in [0.25, 0.3) is 0 Å². The van der Waals surface area contributed by atoms with Crippen LogP contribution in [0.15, 0.2) is 29.3 Å². The average Bonchev–Trinajstić information content (AvgIpc) is 2.88. The number of nitrogens with one attached hydrogen (secondary N) is 2. The maximum Gasteiger partial charge on any atom is 0.191 e. The van der Waals surface area contributed by atoms with Crippen molar-refractivity contribution >= 4 is 52.7 Å². The molecule has 25 heavy (non-hydrogen) atoms. The first-order valence-corrected chi connectivity index (χ1v) is 9.68. The van der Waals surface area contributed by atoms with Crippen LogP contribution in [0, 0.1) is 6.92 Å². The van der Waals surface area contributed by atoms with Crippen molar-refractivity contribution in [2.75, 3.05) is 25.9 Å². The number of hydrogen-bond donors (Lipinski definition) is 2. The molecule has 0 atom stereocenters. The highest BCUT2D eigenvalue weighted by atomic mass is 127. The molecule has 0 radical (unpaired) electrons. The van der Waals surface area contributed by atoms with Gasteiger partial charge in [0.05, 0.1) is 17.6 Å². The molecule has 0 aliphatic rings. The highest BCUT2D eigenvalue weighted by Crippen LogP contribution is 2.21. The lowest BCUT2D eigenvalue weighted by Gasteiger charge is -2.20. The Labute approximate surface area is 172 Å². The molecule has 1 aromatic carbocycles. The standard InChI is InChI=1S/C18H29N5S.HI/c1-6-19-17(21-13-18(3,4)24-5)20-11-12-23-14(2)22-15-9-7-8-10-16(15)23;/h7-10H,6,11-13H2,1-5H3,(H2,19,20,21);1H. The van der Waals surface area contributed by atoms with Crippen LogP contribution in [0.1, 0.15) is 26.6 Å². The van der Waals surface area contributed by atoms with Gasteiger partial charge in [-0.25, -0.2) is 4.98 Å². The Kier molecular flexibility index (Phi) is 9.06. The van der Waals surface area contributed by atoms with Gasteiger partial charge in [-0.05, 0) is 46.1 Å². The predicted octanol–water partition coefficient (Wildman–Crippen LogP) is 3.66. The lowest BCUT2D eigenvalue weighted by molar-refractivity contribution is 0.655. The molecule has 5 nitrogen and oxygen atoms in total. The molecule has 0 saturated heterocycles. The zero-order valence-electron chi connectivity index (χ0n) is 15.8. The fourth-order valence-corrected chi connectivity index (χ4v) is 2.63. The summed E-state index contributed by atoms with van der Waals surface area (Å²) >= 11 is 1.84. The van der Waals surface area contributed by atoms with E-state index < -0.39 is 0 Å². The molecule has 2 aromatic rings. The number of benzene rings is 1. The molecule has 140 valence electrons. The first-order chi connectivity index (χ1) is 11.5. The molecule has 0 saturated carbocycles. The first kappa shape index (κ1) is 22.1. The summed E-state index contributed by atoms with van der Waals surface area (Å²) in [5.74, 6) is 1.92. The van der Waals surface area contributed by atoms with Gasteiger partial charge in [0.1, 0.15) is 5.82 Å². The minimum atomic E-state index is 0. The average molecular weight is 475 g/mol. The van der Waals surface area contributed by atoms with Crippen LogP contribution < -0.4 is 10.6 Å². The number of imidazole rings is 1. The maximum absolute atomic E-state index is 4.71. The second-order valence-corrected chi connectivity index (χ2v) is 7.90. The normalized spacial score (nSPS) is 12.1. The van der Waals surface area contributed by atoms with Crippen molar-refractivity contribution in [1.29, 1.82) is 0 Å². The van der Waals surface area contributed by atoms with Crippen LogP contribution in [0.2, 0.25) is 0 Å². The number of aryl methyl sites for hydroxylation is 1. The quantitative estimate of drug-likeness (QED) is 0.365. The number of hydrogen-bond acceptors (Lipinski definition) is 3. The molecule has 0 aliphatic heterocycles. The molecular weight excluding hydrogens is 445 g/mol. The van der Waals surface area contributed by atoms with Crippen LogP contribution in [-0.4, -0.2) is 46.1 Å². The third-order valence-corrected chi connectivity index (χ3v) is 5.22. The van der Waals surface area contributed by atoms with Crippen molar-refractivity contribution in [3.05, 3.63) is 30.1 Å². The van der Waals surface area contributed by atoms with Crippen LogP contribution in [0.4, 0.5) is 0 Å². The number of aromatic nitrogens is 2. The van der Waals surface area contributed by atoms with Crippen LogP contribution in [-0.2, 0) is 6.54 Å². The van der Waals surface area contributed by atoms with Gasteiger partial charge in [-0.1, -0.05) is 12.1 Å². The number of guanidine groups is 1.